The Morgan fingerprint density at radius 2 is 1.77 bits per heavy atom. The van der Waals surface area contributed by atoms with E-state index in [4.69, 9.17) is 0 Å². The number of nitrogens with zero attached hydrogens (tertiary/aromatic N) is 3. The predicted molar refractivity (Wildman–Crippen MR) is 104 cm³/mol. The first kappa shape index (κ1) is 18.6. The van der Waals surface area contributed by atoms with E-state index in [0.29, 0.717) is 38.2 Å². The normalized spacial score (nSPS) is 14.8. The first-order valence-electron chi connectivity index (χ1n) is 8.85. The van der Waals surface area contributed by atoms with Crippen molar-refractivity contribution in [3.8, 4) is 0 Å². The summed E-state index contributed by atoms with van der Waals surface area (Å²) in [6, 6.07) is 11.5. The summed E-state index contributed by atoms with van der Waals surface area (Å²) < 4.78 is 1.04. The number of carbonyl (C=O) groups excluding carboxylic acids is 2. The van der Waals surface area contributed by atoms with Gasteiger partial charge in [-0.25, -0.2) is 0 Å². The molecule has 1 aromatic heterocycles. The third kappa shape index (κ3) is 4.69. The molecule has 0 aliphatic carbocycles. The Hall–Kier alpha value is -2.21. The molecule has 1 saturated heterocycles. The lowest BCUT2D eigenvalue weighted by Gasteiger charge is -2.22. The number of rotatable bonds is 4. The topological polar surface area (TPSA) is 53.5 Å². The highest BCUT2D eigenvalue weighted by molar-refractivity contribution is 9.10. The molecule has 2 heterocycles. The fourth-order valence-corrected chi connectivity index (χ4v) is 3.63. The summed E-state index contributed by atoms with van der Waals surface area (Å²) in [5.74, 6) is 0.136. The van der Waals surface area contributed by atoms with E-state index in [0.717, 1.165) is 22.9 Å². The van der Waals surface area contributed by atoms with Crippen LogP contribution in [0.3, 0.4) is 0 Å². The van der Waals surface area contributed by atoms with Crippen LogP contribution in [0.5, 0.6) is 0 Å². The molecular weight excluding hydrogens is 394 g/mol. The highest BCUT2D eigenvalue weighted by Crippen LogP contribution is 2.18. The molecule has 0 bridgehead atoms. The molecule has 1 fully saturated rings. The zero-order chi connectivity index (χ0) is 18.4. The van der Waals surface area contributed by atoms with Gasteiger partial charge in [-0.05, 0) is 36.6 Å². The second-order valence-electron chi connectivity index (χ2n) is 6.36. The molecule has 0 radical (unpaired) electrons. The molecule has 1 aliphatic rings. The molecule has 136 valence electrons. The van der Waals surface area contributed by atoms with Gasteiger partial charge in [0.1, 0.15) is 0 Å². The van der Waals surface area contributed by atoms with Gasteiger partial charge in [0.2, 0.25) is 5.91 Å². The second-order valence-corrected chi connectivity index (χ2v) is 7.21. The van der Waals surface area contributed by atoms with Crippen molar-refractivity contribution in [2.45, 2.75) is 19.3 Å². The zero-order valence-electron chi connectivity index (χ0n) is 14.6. The fraction of sp³-hybridized carbons (Fsp3) is 0.350. The van der Waals surface area contributed by atoms with Gasteiger partial charge < -0.3 is 9.80 Å². The van der Waals surface area contributed by atoms with Crippen LogP contribution in [0.2, 0.25) is 0 Å². The molecule has 2 amide bonds. The van der Waals surface area contributed by atoms with Crippen LogP contribution in [-0.2, 0) is 11.2 Å². The van der Waals surface area contributed by atoms with Crippen molar-refractivity contribution in [2.24, 2.45) is 0 Å². The Balaban J connectivity index is 1.54. The maximum Gasteiger partial charge on any atom is 0.255 e. The van der Waals surface area contributed by atoms with Crippen molar-refractivity contribution < 1.29 is 9.59 Å². The van der Waals surface area contributed by atoms with E-state index in [9.17, 15) is 9.59 Å². The monoisotopic (exact) mass is 415 g/mol. The van der Waals surface area contributed by atoms with Crippen LogP contribution in [0.25, 0.3) is 0 Å². The van der Waals surface area contributed by atoms with Crippen LogP contribution in [0, 0.1) is 0 Å². The molecule has 1 aromatic carbocycles. The average molecular weight is 416 g/mol. The van der Waals surface area contributed by atoms with Crippen molar-refractivity contribution in [2.75, 3.05) is 26.2 Å². The molecule has 26 heavy (non-hydrogen) atoms. The molecule has 0 unspecified atom stereocenters. The molecule has 6 heteroatoms. The Kier molecular flexibility index (Phi) is 6.39. The van der Waals surface area contributed by atoms with Crippen molar-refractivity contribution in [3.05, 3.63) is 64.4 Å². The number of benzene rings is 1. The maximum absolute atomic E-state index is 12.6. The van der Waals surface area contributed by atoms with Gasteiger partial charge in [0.15, 0.2) is 0 Å². The van der Waals surface area contributed by atoms with E-state index >= 15 is 0 Å². The summed E-state index contributed by atoms with van der Waals surface area (Å²) in [5, 5.41) is 0. The van der Waals surface area contributed by atoms with Gasteiger partial charge in [-0.15, -0.1) is 0 Å². The average Bonchev–Trinajstić information content (AvgIpc) is 2.93. The van der Waals surface area contributed by atoms with Crippen LogP contribution in [0.1, 0.15) is 28.8 Å². The number of aryl methyl sites for hydroxylation is 1. The summed E-state index contributed by atoms with van der Waals surface area (Å²) in [5.41, 5.74) is 1.74. The lowest BCUT2D eigenvalue weighted by molar-refractivity contribution is -0.131. The molecule has 1 aliphatic heterocycles. The zero-order valence-corrected chi connectivity index (χ0v) is 16.2. The van der Waals surface area contributed by atoms with Gasteiger partial charge in [0.05, 0.1) is 5.56 Å². The fourth-order valence-electron chi connectivity index (χ4n) is 3.14. The van der Waals surface area contributed by atoms with Crippen LogP contribution < -0.4 is 0 Å². The van der Waals surface area contributed by atoms with Gasteiger partial charge in [0, 0.05) is 49.5 Å². The maximum atomic E-state index is 12.6. The summed E-state index contributed by atoms with van der Waals surface area (Å²) in [4.78, 5) is 32.8. The number of hydrogen-bond acceptors (Lipinski definition) is 3. The SMILES string of the molecule is O=C(CCc1ccccc1Br)N1CCCN(C(=O)c2cccnc2)CC1. The molecule has 3 rings (SSSR count). The molecular formula is C20H22BrN3O2. The lowest BCUT2D eigenvalue weighted by Crippen LogP contribution is -2.37. The summed E-state index contributed by atoms with van der Waals surface area (Å²) in [6.45, 7) is 2.52. The van der Waals surface area contributed by atoms with Crippen LogP contribution >= 0.6 is 15.9 Å². The summed E-state index contributed by atoms with van der Waals surface area (Å²) in [7, 11) is 0. The van der Waals surface area contributed by atoms with Gasteiger partial charge in [-0.2, -0.15) is 0 Å². The Morgan fingerprint density at radius 3 is 2.54 bits per heavy atom. The van der Waals surface area contributed by atoms with E-state index in [1.165, 1.54) is 0 Å². The minimum Gasteiger partial charge on any atom is -0.341 e. The molecule has 0 saturated carbocycles. The van der Waals surface area contributed by atoms with Crippen molar-refractivity contribution in [1.82, 2.24) is 14.8 Å². The minimum atomic E-state index is -0.0133. The lowest BCUT2D eigenvalue weighted by atomic mass is 10.1. The van der Waals surface area contributed by atoms with Gasteiger partial charge in [0.25, 0.3) is 5.91 Å². The van der Waals surface area contributed by atoms with Crippen molar-refractivity contribution >= 4 is 27.7 Å². The number of carbonyl (C=O) groups is 2. The van der Waals surface area contributed by atoms with E-state index in [-0.39, 0.29) is 11.8 Å². The summed E-state index contributed by atoms with van der Waals surface area (Å²) in [6.07, 6.45) is 5.25. The van der Waals surface area contributed by atoms with Crippen LogP contribution in [0.15, 0.2) is 53.3 Å². The third-order valence-electron chi connectivity index (χ3n) is 4.61. The first-order chi connectivity index (χ1) is 12.6. The molecule has 0 spiro atoms. The molecule has 0 N–H and O–H groups in total. The van der Waals surface area contributed by atoms with Crippen molar-refractivity contribution in [3.63, 3.8) is 0 Å². The van der Waals surface area contributed by atoms with Crippen LogP contribution in [0.4, 0.5) is 0 Å². The van der Waals surface area contributed by atoms with Crippen molar-refractivity contribution in [1.29, 1.82) is 0 Å². The molecule has 5 nitrogen and oxygen atoms in total. The highest BCUT2D eigenvalue weighted by atomic mass is 79.9. The molecule has 2 aromatic rings. The minimum absolute atomic E-state index is 0.0133. The number of aromatic nitrogens is 1. The second kappa shape index (κ2) is 8.94. The largest absolute Gasteiger partial charge is 0.341 e. The Morgan fingerprint density at radius 1 is 1.00 bits per heavy atom. The van der Waals surface area contributed by atoms with Gasteiger partial charge in [-0.3, -0.25) is 14.6 Å². The van der Waals surface area contributed by atoms with E-state index in [1.807, 2.05) is 34.1 Å². The number of hydrogen-bond donors (Lipinski definition) is 0. The number of amides is 2. The Bertz CT molecular complexity index is 767. The smallest absolute Gasteiger partial charge is 0.255 e. The number of halogens is 1. The van der Waals surface area contributed by atoms with E-state index in [1.54, 1.807) is 24.5 Å². The quantitative estimate of drug-likeness (QED) is 0.770. The van der Waals surface area contributed by atoms with Gasteiger partial charge >= 0.3 is 0 Å². The van der Waals surface area contributed by atoms with Gasteiger partial charge in [-0.1, -0.05) is 34.1 Å². The first-order valence-corrected chi connectivity index (χ1v) is 9.65. The highest BCUT2D eigenvalue weighted by Gasteiger charge is 2.22. The molecule has 0 atom stereocenters. The number of pyridine rings is 1. The Labute approximate surface area is 162 Å². The predicted octanol–water partition coefficient (Wildman–Crippen LogP) is 3.15. The van der Waals surface area contributed by atoms with E-state index in [2.05, 4.69) is 20.9 Å². The summed E-state index contributed by atoms with van der Waals surface area (Å²) >= 11 is 3.53. The third-order valence-corrected chi connectivity index (χ3v) is 5.38. The van der Waals surface area contributed by atoms with E-state index < -0.39 is 0 Å². The standard InChI is InChI=1S/C20H22BrN3O2/c21-18-7-2-1-5-16(18)8-9-19(25)23-11-4-12-24(14-13-23)20(26)17-6-3-10-22-15-17/h1-3,5-7,10,15H,4,8-9,11-14H2. The van der Waals surface area contributed by atoms with Crippen LogP contribution in [-0.4, -0.2) is 52.8 Å².